The summed E-state index contributed by atoms with van der Waals surface area (Å²) >= 11 is 0. The van der Waals surface area contributed by atoms with Gasteiger partial charge in [0.05, 0.1) is 6.54 Å². The summed E-state index contributed by atoms with van der Waals surface area (Å²) < 4.78 is 24.0. The summed E-state index contributed by atoms with van der Waals surface area (Å²) in [7, 11) is -3.72. The third-order valence-corrected chi connectivity index (χ3v) is 2.10. The second-order valence-corrected chi connectivity index (χ2v) is 4.67. The van der Waals surface area contributed by atoms with E-state index in [4.69, 9.17) is 0 Å². The van der Waals surface area contributed by atoms with Crippen LogP contribution in [0.3, 0.4) is 0 Å². The van der Waals surface area contributed by atoms with Crippen molar-refractivity contribution < 1.29 is 13.9 Å². The maximum absolute atomic E-state index is 12.0. The van der Waals surface area contributed by atoms with Gasteiger partial charge in [0.1, 0.15) is 0 Å². The van der Waals surface area contributed by atoms with Gasteiger partial charge in [-0.3, -0.25) is 8.22 Å². The van der Waals surface area contributed by atoms with Crippen LogP contribution in [-0.4, -0.2) is 15.3 Å². The van der Waals surface area contributed by atoms with Crippen molar-refractivity contribution in [2.75, 3.05) is 6.54 Å². The summed E-state index contributed by atoms with van der Waals surface area (Å²) in [5, 5.41) is 0. The highest BCUT2D eigenvalue weighted by molar-refractivity contribution is 6.64. The minimum absolute atomic E-state index is 0.108. The smallest absolute Gasteiger partial charge is 0.358 e. The van der Waals surface area contributed by atoms with E-state index in [9.17, 15) is 8.22 Å². The molecule has 0 radical (unpaired) electrons. The van der Waals surface area contributed by atoms with E-state index in [1.165, 1.54) is 0 Å². The molecule has 0 fully saturated rings. The van der Waals surface area contributed by atoms with Gasteiger partial charge in [-0.1, -0.05) is 0 Å². The molecule has 0 aliphatic rings. The van der Waals surface area contributed by atoms with E-state index in [1.807, 2.05) is 0 Å². The molecule has 0 unspecified atom stereocenters. The molecule has 0 aliphatic carbocycles. The molecule has 0 atom stereocenters. The van der Waals surface area contributed by atoms with E-state index >= 15 is 0 Å². The lowest BCUT2D eigenvalue weighted by molar-refractivity contribution is -0.367. The Morgan fingerprint density at radius 3 is 2.12 bits per heavy atom. The zero-order chi connectivity index (χ0) is 6.62. The summed E-state index contributed by atoms with van der Waals surface area (Å²) in [6, 6.07) is 0.108. The van der Waals surface area contributed by atoms with E-state index in [0.29, 0.717) is 13.0 Å². The van der Waals surface area contributed by atoms with Gasteiger partial charge in [-0.15, -0.1) is 0 Å². The van der Waals surface area contributed by atoms with Crippen LogP contribution < -0.4 is 5.73 Å². The Bertz CT molecular complexity index is 61.5. The first-order valence-electron chi connectivity index (χ1n) is 2.73. The minimum atomic E-state index is -3.72. The Hall–Kier alpha value is 0.0369. The summed E-state index contributed by atoms with van der Waals surface area (Å²) in [4.78, 5) is 0. The third-order valence-electron chi connectivity index (χ3n) is 0.866. The molecule has 0 bridgehead atoms. The van der Waals surface area contributed by atoms with Crippen LogP contribution in [0.1, 0.15) is 6.42 Å². The number of hydrogen-bond acceptors (Lipinski definition) is 0. The summed E-state index contributed by atoms with van der Waals surface area (Å²) in [5.41, 5.74) is 3.48. The second kappa shape index (κ2) is 3.14. The zero-order valence-corrected chi connectivity index (χ0v) is 6.08. The van der Waals surface area contributed by atoms with Gasteiger partial charge in [0.15, 0.2) is 0 Å². The minimum Gasteiger partial charge on any atom is -0.358 e. The molecule has 0 spiro atoms. The van der Waals surface area contributed by atoms with E-state index in [-0.39, 0.29) is 6.04 Å². The Morgan fingerprint density at radius 2 is 2.00 bits per heavy atom. The fourth-order valence-electron chi connectivity index (χ4n) is 0.435. The van der Waals surface area contributed by atoms with Crippen LogP contribution in [0.25, 0.3) is 0 Å². The normalized spacial score (nSPS) is 12.0. The SMILES string of the molecule is C[Si](F)(F)CCC[NH3+]. The highest BCUT2D eigenvalue weighted by atomic mass is 28.4. The molecular formula is C4H12F2NSi+. The van der Waals surface area contributed by atoms with Crippen LogP contribution in [-0.2, 0) is 0 Å². The van der Waals surface area contributed by atoms with Crippen LogP contribution in [0.15, 0.2) is 0 Å². The average molecular weight is 140 g/mol. The first-order chi connectivity index (χ1) is 3.56. The van der Waals surface area contributed by atoms with Crippen molar-refractivity contribution >= 4 is 8.74 Å². The molecule has 0 aliphatic heterocycles. The van der Waals surface area contributed by atoms with Crippen LogP contribution >= 0.6 is 0 Å². The standard InChI is InChI=1S/C4H11F2NSi/c1-8(5,6)4-2-3-7/h2-4,7H2,1H3/p+1. The van der Waals surface area contributed by atoms with Gasteiger partial charge in [0, 0.05) is 6.04 Å². The largest absolute Gasteiger partial charge is 0.422 e. The molecule has 1 nitrogen and oxygen atoms in total. The number of hydrogen-bond donors (Lipinski definition) is 1. The van der Waals surface area contributed by atoms with Crippen LogP contribution in [0.5, 0.6) is 0 Å². The lowest BCUT2D eigenvalue weighted by Gasteiger charge is -2.01. The molecule has 3 N–H and O–H groups in total. The van der Waals surface area contributed by atoms with Crippen molar-refractivity contribution in [1.82, 2.24) is 0 Å². The fourth-order valence-corrected chi connectivity index (χ4v) is 1.31. The molecule has 0 aromatic heterocycles. The lowest BCUT2D eigenvalue weighted by atomic mass is 10.5. The molecule has 0 heterocycles. The second-order valence-electron chi connectivity index (χ2n) is 2.03. The van der Waals surface area contributed by atoms with Crippen molar-refractivity contribution in [3.63, 3.8) is 0 Å². The molecule has 0 rings (SSSR count). The Balaban J connectivity index is 3.11. The predicted octanol–water partition coefficient (Wildman–Crippen LogP) is 0.629. The quantitative estimate of drug-likeness (QED) is 0.440. The fraction of sp³-hybridized carbons (Fsp3) is 1.00. The summed E-state index contributed by atoms with van der Waals surface area (Å²) in [6.07, 6.45) is 0.579. The number of halogens is 2. The number of rotatable bonds is 3. The van der Waals surface area contributed by atoms with Crippen molar-refractivity contribution in [3.8, 4) is 0 Å². The van der Waals surface area contributed by atoms with Crippen molar-refractivity contribution in [1.29, 1.82) is 0 Å². The van der Waals surface area contributed by atoms with E-state index in [0.717, 1.165) is 6.55 Å². The molecule has 0 saturated heterocycles. The molecule has 0 aromatic rings. The molecule has 0 amide bonds. The topological polar surface area (TPSA) is 27.6 Å². The number of quaternary nitrogens is 1. The van der Waals surface area contributed by atoms with Gasteiger partial charge in [0.25, 0.3) is 0 Å². The molecule has 50 valence electrons. The van der Waals surface area contributed by atoms with Crippen molar-refractivity contribution in [3.05, 3.63) is 0 Å². The third kappa shape index (κ3) is 6.04. The van der Waals surface area contributed by atoms with Gasteiger partial charge in [-0.25, -0.2) is 0 Å². The summed E-state index contributed by atoms with van der Waals surface area (Å²) in [5.74, 6) is 0. The maximum atomic E-state index is 12.0. The monoisotopic (exact) mass is 140 g/mol. The van der Waals surface area contributed by atoms with E-state index < -0.39 is 8.74 Å². The highest BCUT2D eigenvalue weighted by Crippen LogP contribution is 2.13. The lowest BCUT2D eigenvalue weighted by Crippen LogP contribution is -2.50. The first kappa shape index (κ1) is 8.04. The maximum Gasteiger partial charge on any atom is 0.422 e. The Kier molecular flexibility index (Phi) is 3.15. The van der Waals surface area contributed by atoms with Crippen LogP contribution in [0.4, 0.5) is 8.22 Å². The summed E-state index contributed by atoms with van der Waals surface area (Å²) in [6.45, 7) is 1.71. The average Bonchev–Trinajstić information content (AvgIpc) is 1.59. The Labute approximate surface area is 49.2 Å². The van der Waals surface area contributed by atoms with Crippen molar-refractivity contribution in [2.24, 2.45) is 0 Å². The van der Waals surface area contributed by atoms with Crippen molar-refractivity contribution in [2.45, 2.75) is 19.0 Å². The van der Waals surface area contributed by atoms with Gasteiger partial charge < -0.3 is 5.73 Å². The van der Waals surface area contributed by atoms with E-state index in [1.54, 1.807) is 0 Å². The first-order valence-corrected chi connectivity index (χ1v) is 5.19. The molecule has 0 aromatic carbocycles. The zero-order valence-electron chi connectivity index (χ0n) is 5.08. The van der Waals surface area contributed by atoms with E-state index in [2.05, 4.69) is 5.73 Å². The van der Waals surface area contributed by atoms with Gasteiger partial charge in [-0.2, -0.15) is 0 Å². The van der Waals surface area contributed by atoms with Gasteiger partial charge >= 0.3 is 8.74 Å². The molecule has 8 heavy (non-hydrogen) atoms. The Morgan fingerprint density at radius 1 is 1.50 bits per heavy atom. The predicted molar refractivity (Wildman–Crippen MR) is 31.0 cm³/mol. The van der Waals surface area contributed by atoms with Gasteiger partial charge in [-0.05, 0) is 13.0 Å². The van der Waals surface area contributed by atoms with Gasteiger partial charge in [0.2, 0.25) is 0 Å². The van der Waals surface area contributed by atoms with Crippen LogP contribution in [0.2, 0.25) is 12.6 Å². The highest BCUT2D eigenvalue weighted by Gasteiger charge is 2.26. The molecule has 0 saturated carbocycles. The molecular weight excluding hydrogens is 128 g/mol. The van der Waals surface area contributed by atoms with Crippen LogP contribution in [0, 0.1) is 0 Å². The molecule has 4 heteroatoms.